The molecule has 0 heterocycles. The molecule has 4 aromatic rings. The second-order valence-corrected chi connectivity index (χ2v) is 10.0. The van der Waals surface area contributed by atoms with E-state index in [9.17, 15) is 40.2 Å². The molecule has 0 saturated heterocycles. The van der Waals surface area contributed by atoms with Gasteiger partial charge in [0.15, 0.2) is 0 Å². The molecule has 0 spiro atoms. The average molecular weight is 571 g/mol. The molecule has 0 saturated carbocycles. The topological polar surface area (TPSA) is 162 Å². The molecule has 1 aliphatic rings. The first-order chi connectivity index (χ1) is 20.1. The summed E-state index contributed by atoms with van der Waals surface area (Å²) in [6.45, 7) is 4.31. The largest absolute Gasteiger partial charge is 0.508 e. The van der Waals surface area contributed by atoms with Crippen LogP contribution in [-0.2, 0) is 0 Å². The molecule has 4 aromatic carbocycles. The van der Waals surface area contributed by atoms with Crippen molar-refractivity contribution < 1.29 is 40.2 Å². The van der Waals surface area contributed by atoms with Crippen molar-refractivity contribution >= 4 is 34.3 Å². The van der Waals surface area contributed by atoms with Crippen molar-refractivity contribution in [2.75, 3.05) is 22.9 Å². The summed E-state index contributed by atoms with van der Waals surface area (Å²) >= 11 is 0. The third-order valence-electron chi connectivity index (χ3n) is 7.21. The van der Waals surface area contributed by atoms with Crippen molar-refractivity contribution in [2.24, 2.45) is 0 Å². The fourth-order valence-electron chi connectivity index (χ4n) is 5.43. The van der Waals surface area contributed by atoms with Crippen LogP contribution >= 0.6 is 0 Å². The zero-order valence-corrected chi connectivity index (χ0v) is 23.0. The summed E-state index contributed by atoms with van der Waals surface area (Å²) < 4.78 is 0. The Bertz CT molecular complexity index is 1610. The quantitative estimate of drug-likeness (QED) is 0.126. The van der Waals surface area contributed by atoms with Gasteiger partial charge in [0.25, 0.3) is 0 Å². The first-order valence-corrected chi connectivity index (χ1v) is 13.5. The van der Waals surface area contributed by atoms with Gasteiger partial charge in [-0.05, 0) is 61.4 Å². The van der Waals surface area contributed by atoms with Crippen LogP contribution in [0.4, 0.5) is 22.7 Å². The molecule has 0 radical (unpaired) electrons. The van der Waals surface area contributed by atoms with Crippen LogP contribution in [0.25, 0.3) is 0 Å². The smallest absolute Gasteiger partial charge is 0.200 e. The van der Waals surface area contributed by atoms with E-state index in [0.717, 1.165) is 12.1 Å². The van der Waals surface area contributed by atoms with Crippen LogP contribution < -0.4 is 9.80 Å². The molecule has 0 unspecified atom stereocenters. The highest BCUT2D eigenvalue weighted by Crippen LogP contribution is 2.48. The Labute approximate surface area is 241 Å². The Morgan fingerprint density at radius 2 is 0.833 bits per heavy atom. The number of aromatic hydroxyl groups is 6. The van der Waals surface area contributed by atoms with Crippen molar-refractivity contribution in [3.05, 3.63) is 82.9 Å². The molecule has 5 rings (SSSR count). The number of carbonyl (C=O) groups excluding carboxylic acids is 2. The molecule has 0 bridgehead atoms. The first kappa shape index (κ1) is 28.2. The second-order valence-electron chi connectivity index (χ2n) is 10.0. The molecule has 10 nitrogen and oxygen atoms in total. The van der Waals surface area contributed by atoms with Crippen molar-refractivity contribution in [3.8, 4) is 34.5 Å². The average Bonchev–Trinajstić information content (AvgIpc) is 2.96. The van der Waals surface area contributed by atoms with Gasteiger partial charge >= 0.3 is 0 Å². The Balaban J connectivity index is 1.87. The van der Waals surface area contributed by atoms with E-state index in [-0.39, 0.29) is 81.1 Å². The second kappa shape index (κ2) is 10.9. The van der Waals surface area contributed by atoms with Gasteiger partial charge in [-0.25, -0.2) is 0 Å². The number of nitrogens with zero attached hydrogens (tertiary/aromatic N) is 2. The Morgan fingerprint density at radius 1 is 0.476 bits per heavy atom. The van der Waals surface area contributed by atoms with E-state index >= 15 is 0 Å². The highest BCUT2D eigenvalue weighted by molar-refractivity contribution is 6.33. The number of benzene rings is 4. The minimum absolute atomic E-state index is 0.0946. The molecule has 0 amide bonds. The number of phenols is 6. The van der Waals surface area contributed by atoms with Crippen LogP contribution in [-0.4, -0.2) is 55.3 Å². The van der Waals surface area contributed by atoms with Gasteiger partial charge in [0.1, 0.15) is 34.5 Å². The summed E-state index contributed by atoms with van der Waals surface area (Å²) in [4.78, 5) is 31.7. The first-order valence-electron chi connectivity index (χ1n) is 13.5. The van der Waals surface area contributed by atoms with Crippen molar-refractivity contribution in [3.63, 3.8) is 0 Å². The summed E-state index contributed by atoms with van der Waals surface area (Å²) in [5.74, 6) is -3.04. The zero-order valence-electron chi connectivity index (χ0n) is 23.0. The van der Waals surface area contributed by atoms with Crippen LogP contribution in [0.3, 0.4) is 0 Å². The van der Waals surface area contributed by atoms with E-state index < -0.39 is 23.1 Å². The number of rotatable bonds is 8. The van der Waals surface area contributed by atoms with E-state index in [0.29, 0.717) is 12.8 Å². The fraction of sp³-hybridized carbons (Fsp3) is 0.188. The highest BCUT2D eigenvalue weighted by Gasteiger charge is 2.40. The maximum Gasteiger partial charge on any atom is 0.200 e. The number of carbonyl (C=O) groups is 2. The Kier molecular flexibility index (Phi) is 7.30. The molecule has 10 heteroatoms. The molecule has 216 valence electrons. The van der Waals surface area contributed by atoms with Crippen molar-refractivity contribution in [1.29, 1.82) is 0 Å². The zero-order chi connectivity index (χ0) is 30.3. The summed E-state index contributed by atoms with van der Waals surface area (Å²) in [6, 6.07) is 13.4. The third-order valence-corrected chi connectivity index (χ3v) is 7.21. The monoisotopic (exact) mass is 570 g/mol. The molecule has 6 N–H and O–H groups in total. The SMILES string of the molecule is CCCN(c1cc(O)ccc1O)c1ccc(N(CCC)c2cc(O)ccc2O)c2c1C(=O)c1c(O)ccc(O)c1C2=O. The minimum Gasteiger partial charge on any atom is -0.508 e. The van der Waals surface area contributed by atoms with E-state index in [1.54, 1.807) is 21.9 Å². The third kappa shape index (κ3) is 4.56. The maximum atomic E-state index is 14.3. The normalized spacial score (nSPS) is 12.1. The predicted molar refractivity (Wildman–Crippen MR) is 157 cm³/mol. The summed E-state index contributed by atoms with van der Waals surface area (Å²) in [5, 5.41) is 63.3. The molecular formula is C32H30N2O8. The fourth-order valence-corrected chi connectivity index (χ4v) is 5.43. The van der Waals surface area contributed by atoms with Crippen LogP contribution in [0.1, 0.15) is 58.5 Å². The van der Waals surface area contributed by atoms with E-state index in [1.807, 2.05) is 13.8 Å². The lowest BCUT2D eigenvalue weighted by molar-refractivity contribution is 0.0975. The van der Waals surface area contributed by atoms with Gasteiger partial charge in [-0.1, -0.05) is 13.8 Å². The highest BCUT2D eigenvalue weighted by atomic mass is 16.3. The van der Waals surface area contributed by atoms with E-state index in [2.05, 4.69) is 0 Å². The lowest BCUT2D eigenvalue weighted by Gasteiger charge is -2.34. The van der Waals surface area contributed by atoms with Gasteiger partial charge in [-0.3, -0.25) is 9.59 Å². The number of anilines is 4. The standard InChI is InChI=1S/C32H30N2O8/c1-3-13-33(21-15-17(35)5-9-23(21)37)19-7-8-20(34(14-4-2)22-16-18(36)6-10-24(22)38)28-27(19)31(41)29-25(39)11-12-26(40)30(29)32(28)42/h5-12,15-16,35-40H,3-4,13-14H2,1-2H3. The van der Waals surface area contributed by atoms with Crippen molar-refractivity contribution in [1.82, 2.24) is 0 Å². The number of hydrogen-bond donors (Lipinski definition) is 6. The number of hydrogen-bond acceptors (Lipinski definition) is 10. The Hall–Kier alpha value is -5.38. The van der Waals surface area contributed by atoms with Crippen molar-refractivity contribution in [2.45, 2.75) is 26.7 Å². The van der Waals surface area contributed by atoms with Gasteiger partial charge in [0, 0.05) is 25.2 Å². The summed E-state index contributed by atoms with van der Waals surface area (Å²) in [7, 11) is 0. The van der Waals surface area contributed by atoms with Crippen LogP contribution in [0.15, 0.2) is 60.7 Å². The maximum absolute atomic E-state index is 14.3. The van der Waals surface area contributed by atoms with Gasteiger partial charge in [0.05, 0.1) is 45.0 Å². The molecule has 0 aliphatic heterocycles. The lowest BCUT2D eigenvalue weighted by atomic mass is 9.80. The number of ketones is 2. The van der Waals surface area contributed by atoms with Crippen LogP contribution in [0.5, 0.6) is 34.5 Å². The molecular weight excluding hydrogens is 540 g/mol. The van der Waals surface area contributed by atoms with Gasteiger partial charge in [-0.15, -0.1) is 0 Å². The minimum atomic E-state index is -0.734. The predicted octanol–water partition coefficient (Wildman–Crippen LogP) is 5.79. The van der Waals surface area contributed by atoms with Gasteiger partial charge in [0.2, 0.25) is 11.6 Å². The lowest BCUT2D eigenvalue weighted by Crippen LogP contribution is -2.30. The molecule has 42 heavy (non-hydrogen) atoms. The van der Waals surface area contributed by atoms with Crippen LogP contribution in [0, 0.1) is 0 Å². The molecule has 0 atom stereocenters. The van der Waals surface area contributed by atoms with E-state index in [1.165, 1.54) is 36.4 Å². The van der Waals surface area contributed by atoms with Gasteiger partial charge in [-0.2, -0.15) is 0 Å². The number of phenolic OH excluding ortho intramolecular Hbond substituents is 6. The number of fused-ring (bicyclic) bond motifs is 2. The molecule has 0 aromatic heterocycles. The van der Waals surface area contributed by atoms with Crippen LogP contribution in [0.2, 0.25) is 0 Å². The summed E-state index contributed by atoms with van der Waals surface area (Å²) in [6.07, 6.45) is 1.10. The molecule has 0 fully saturated rings. The Morgan fingerprint density at radius 3 is 1.19 bits per heavy atom. The van der Waals surface area contributed by atoms with E-state index in [4.69, 9.17) is 0 Å². The molecule has 1 aliphatic carbocycles. The van der Waals surface area contributed by atoms with Gasteiger partial charge < -0.3 is 40.4 Å². The summed E-state index contributed by atoms with van der Waals surface area (Å²) in [5.41, 5.74) is -0.0807.